The van der Waals surface area contributed by atoms with Gasteiger partial charge in [-0.25, -0.2) is 9.97 Å². The minimum Gasteiger partial charge on any atom is -0.486 e. The van der Waals surface area contributed by atoms with E-state index in [1.165, 1.54) is 11.3 Å². The highest BCUT2D eigenvalue weighted by atomic mass is 35.5. The minimum absolute atomic E-state index is 0.00828. The second-order valence-corrected chi connectivity index (χ2v) is 7.30. The van der Waals surface area contributed by atoms with Crippen molar-refractivity contribution in [3.05, 3.63) is 63.1 Å². The van der Waals surface area contributed by atoms with E-state index in [9.17, 15) is 4.79 Å². The van der Waals surface area contributed by atoms with Crippen LogP contribution in [0.1, 0.15) is 5.82 Å². The number of aromatic amines is 1. The molecule has 4 rings (SSSR count). The summed E-state index contributed by atoms with van der Waals surface area (Å²) in [5, 5.41) is 15.4. The number of aliphatic hydroxyl groups excluding tert-OH is 1. The monoisotopic (exact) mass is 429 g/mol. The molecule has 0 atom stereocenters. The van der Waals surface area contributed by atoms with Gasteiger partial charge in [-0.2, -0.15) is 0 Å². The summed E-state index contributed by atoms with van der Waals surface area (Å²) in [5.74, 6) is 0.941. The fourth-order valence-electron chi connectivity index (χ4n) is 2.70. The summed E-state index contributed by atoms with van der Waals surface area (Å²) in [4.78, 5) is 28.7. The first kappa shape index (κ1) is 19.3. The van der Waals surface area contributed by atoms with Gasteiger partial charge >= 0.3 is 0 Å². The Morgan fingerprint density at radius 2 is 2.17 bits per heavy atom. The van der Waals surface area contributed by atoms with Crippen molar-refractivity contribution in [1.29, 1.82) is 0 Å². The molecular formula is C19H16ClN5O3S. The summed E-state index contributed by atoms with van der Waals surface area (Å²) in [7, 11) is 0. The van der Waals surface area contributed by atoms with Crippen LogP contribution in [0.2, 0.25) is 5.02 Å². The fourth-order valence-corrected chi connectivity index (χ4v) is 3.61. The number of anilines is 1. The number of benzene rings is 1. The Hall–Kier alpha value is -3.01. The first-order valence-electron chi connectivity index (χ1n) is 8.71. The van der Waals surface area contributed by atoms with Crippen LogP contribution in [0.3, 0.4) is 0 Å². The average Bonchev–Trinajstić information content (AvgIpc) is 3.19. The van der Waals surface area contributed by atoms with Crippen LogP contribution in [-0.4, -0.2) is 38.2 Å². The van der Waals surface area contributed by atoms with E-state index >= 15 is 0 Å². The second kappa shape index (κ2) is 8.56. The second-order valence-electron chi connectivity index (χ2n) is 6.00. The zero-order chi connectivity index (χ0) is 20.2. The Labute approximate surface area is 174 Å². The summed E-state index contributed by atoms with van der Waals surface area (Å²) in [5.41, 5.74) is 1.27. The molecule has 0 bridgehead atoms. The highest BCUT2D eigenvalue weighted by Crippen LogP contribution is 2.27. The Morgan fingerprint density at radius 1 is 1.28 bits per heavy atom. The molecule has 8 nitrogen and oxygen atoms in total. The molecule has 0 spiro atoms. The number of fused-ring (bicyclic) bond motifs is 1. The molecule has 0 radical (unpaired) electrons. The number of aromatic nitrogens is 4. The molecule has 0 saturated heterocycles. The molecule has 0 amide bonds. The molecule has 0 unspecified atom stereocenters. The summed E-state index contributed by atoms with van der Waals surface area (Å²) in [6, 6.07) is 8.60. The number of ether oxygens (including phenoxy) is 1. The lowest BCUT2D eigenvalue weighted by Crippen LogP contribution is -2.14. The van der Waals surface area contributed by atoms with Gasteiger partial charge in [0, 0.05) is 23.1 Å². The van der Waals surface area contributed by atoms with Gasteiger partial charge < -0.3 is 20.1 Å². The predicted molar refractivity (Wildman–Crippen MR) is 113 cm³/mol. The van der Waals surface area contributed by atoms with E-state index in [0.717, 1.165) is 0 Å². The Balaban J connectivity index is 1.67. The van der Waals surface area contributed by atoms with Crippen molar-refractivity contribution >= 4 is 39.0 Å². The summed E-state index contributed by atoms with van der Waals surface area (Å²) >= 11 is 7.35. The highest BCUT2D eigenvalue weighted by molar-refractivity contribution is 7.14. The lowest BCUT2D eigenvalue weighted by atomic mass is 10.2. The molecule has 3 heterocycles. The summed E-state index contributed by atoms with van der Waals surface area (Å²) < 4.78 is 5.69. The molecule has 3 N–H and O–H groups in total. The van der Waals surface area contributed by atoms with Crippen molar-refractivity contribution in [2.24, 2.45) is 0 Å². The van der Waals surface area contributed by atoms with Crippen molar-refractivity contribution in [3.8, 4) is 17.1 Å². The molecule has 1 aromatic carbocycles. The lowest BCUT2D eigenvalue weighted by Gasteiger charge is -2.08. The van der Waals surface area contributed by atoms with E-state index in [4.69, 9.17) is 21.4 Å². The van der Waals surface area contributed by atoms with E-state index < -0.39 is 0 Å². The topological polar surface area (TPSA) is 113 Å². The van der Waals surface area contributed by atoms with Gasteiger partial charge in [0.2, 0.25) is 0 Å². The number of H-pyrrole nitrogens is 1. The van der Waals surface area contributed by atoms with Gasteiger partial charge in [-0.15, -0.1) is 11.3 Å². The number of thiazole rings is 1. The van der Waals surface area contributed by atoms with Crippen LogP contribution in [0.25, 0.3) is 22.3 Å². The van der Waals surface area contributed by atoms with Crippen LogP contribution in [0.5, 0.6) is 5.75 Å². The number of hydrogen-bond donors (Lipinski definition) is 3. The van der Waals surface area contributed by atoms with E-state index in [1.54, 1.807) is 36.5 Å². The zero-order valence-electron chi connectivity index (χ0n) is 15.1. The largest absolute Gasteiger partial charge is 0.486 e. The van der Waals surface area contributed by atoms with E-state index in [-0.39, 0.29) is 18.8 Å². The minimum atomic E-state index is -0.280. The molecule has 0 fully saturated rings. The molecule has 10 heteroatoms. The van der Waals surface area contributed by atoms with Gasteiger partial charge in [-0.05, 0) is 24.3 Å². The Kier molecular flexibility index (Phi) is 5.70. The van der Waals surface area contributed by atoms with Crippen LogP contribution < -0.4 is 15.6 Å². The van der Waals surface area contributed by atoms with Crippen molar-refractivity contribution in [2.75, 3.05) is 18.5 Å². The Bertz CT molecular complexity index is 1210. The molecule has 0 saturated carbocycles. The maximum Gasteiger partial charge on any atom is 0.258 e. The quantitative estimate of drug-likeness (QED) is 0.413. The molecule has 0 aliphatic heterocycles. The van der Waals surface area contributed by atoms with Crippen molar-refractivity contribution in [3.63, 3.8) is 0 Å². The smallest absolute Gasteiger partial charge is 0.258 e. The van der Waals surface area contributed by atoms with Gasteiger partial charge in [0.05, 0.1) is 12.0 Å². The average molecular weight is 430 g/mol. The maximum atomic E-state index is 12.5. The lowest BCUT2D eigenvalue weighted by molar-refractivity contribution is 0.296. The third kappa shape index (κ3) is 4.37. The standard InChI is InChI=1S/C19H16ClN5O3S/c20-11-2-1-3-12(8-11)28-9-15-24-16-13(18(27)25-15)4-5-21-17(16)14-10-29-19(23-14)22-6-7-26/h1-5,8,10,26H,6-7,9H2,(H,22,23)(H,24,25,27). The van der Waals surface area contributed by atoms with Gasteiger partial charge in [0.15, 0.2) is 5.13 Å². The number of nitrogens with one attached hydrogen (secondary N) is 2. The van der Waals surface area contributed by atoms with Crippen molar-refractivity contribution in [1.82, 2.24) is 19.9 Å². The number of nitrogens with zero attached hydrogens (tertiary/aromatic N) is 3. The number of pyridine rings is 1. The van der Waals surface area contributed by atoms with Gasteiger partial charge in [-0.3, -0.25) is 9.78 Å². The van der Waals surface area contributed by atoms with Crippen molar-refractivity contribution < 1.29 is 9.84 Å². The normalized spacial score (nSPS) is 11.0. The number of halogens is 1. The predicted octanol–water partition coefficient (Wildman–Crippen LogP) is 3.08. The zero-order valence-corrected chi connectivity index (χ0v) is 16.6. The fraction of sp³-hybridized carbons (Fsp3) is 0.158. The van der Waals surface area contributed by atoms with Gasteiger partial charge in [-0.1, -0.05) is 17.7 Å². The van der Waals surface area contributed by atoms with Crippen LogP contribution in [-0.2, 0) is 6.61 Å². The number of hydrogen-bond acceptors (Lipinski definition) is 8. The van der Waals surface area contributed by atoms with E-state index in [0.29, 0.717) is 50.6 Å². The van der Waals surface area contributed by atoms with Gasteiger partial charge in [0.1, 0.15) is 35.1 Å². The molecule has 0 aliphatic carbocycles. The molecule has 3 aromatic heterocycles. The van der Waals surface area contributed by atoms with Crippen LogP contribution in [0, 0.1) is 0 Å². The summed E-state index contributed by atoms with van der Waals surface area (Å²) in [6.45, 7) is 0.480. The maximum absolute atomic E-state index is 12.5. The number of rotatable bonds is 7. The van der Waals surface area contributed by atoms with Gasteiger partial charge in [0.25, 0.3) is 5.56 Å². The molecule has 148 valence electrons. The van der Waals surface area contributed by atoms with Crippen LogP contribution >= 0.6 is 22.9 Å². The molecule has 0 aliphatic rings. The first-order valence-corrected chi connectivity index (χ1v) is 9.96. The third-order valence-corrected chi connectivity index (χ3v) is 5.02. The SMILES string of the molecule is O=c1[nH]c(COc2cccc(Cl)c2)nc2c(-c3csc(NCCO)n3)nccc12. The van der Waals surface area contributed by atoms with Crippen LogP contribution in [0.15, 0.2) is 46.7 Å². The van der Waals surface area contributed by atoms with E-state index in [2.05, 4.69) is 25.3 Å². The Morgan fingerprint density at radius 3 is 3.00 bits per heavy atom. The molecule has 4 aromatic rings. The molecule has 29 heavy (non-hydrogen) atoms. The van der Waals surface area contributed by atoms with Crippen LogP contribution in [0.4, 0.5) is 5.13 Å². The highest BCUT2D eigenvalue weighted by Gasteiger charge is 2.14. The molecular weight excluding hydrogens is 414 g/mol. The van der Waals surface area contributed by atoms with Crippen molar-refractivity contribution in [2.45, 2.75) is 6.61 Å². The van der Waals surface area contributed by atoms with E-state index in [1.807, 2.05) is 5.38 Å². The first-order chi connectivity index (χ1) is 14.1. The number of aliphatic hydroxyl groups is 1. The third-order valence-electron chi connectivity index (χ3n) is 3.98. The summed E-state index contributed by atoms with van der Waals surface area (Å²) in [6.07, 6.45) is 1.55.